The van der Waals surface area contributed by atoms with Gasteiger partial charge in [-0.15, -0.1) is 0 Å². The van der Waals surface area contributed by atoms with Crippen LogP contribution in [-0.2, 0) is 12.8 Å². The maximum atomic E-state index is 10.5. The van der Waals surface area contributed by atoms with Crippen LogP contribution in [0.5, 0.6) is 11.5 Å². The van der Waals surface area contributed by atoms with Crippen LogP contribution in [0, 0.1) is 20.2 Å². The molecule has 0 fully saturated rings. The average Bonchev–Trinajstić information content (AvgIpc) is 3.21. The summed E-state index contributed by atoms with van der Waals surface area (Å²) in [6, 6.07) is 7.73. The van der Waals surface area contributed by atoms with Gasteiger partial charge in [0, 0.05) is 24.5 Å². The number of hydrogen-bond acceptors (Lipinski definition) is 7. The van der Waals surface area contributed by atoms with Crippen molar-refractivity contribution in [3.05, 3.63) is 61.7 Å². The molecule has 0 spiro atoms. The Morgan fingerprint density at radius 1 is 0.852 bits per heavy atom. The lowest BCUT2D eigenvalue weighted by molar-refractivity contribution is -0.384. The summed E-state index contributed by atoms with van der Waals surface area (Å²) in [6.07, 6.45) is 1.63. The lowest BCUT2D eigenvalue weighted by Gasteiger charge is -2.00. The van der Waals surface area contributed by atoms with Crippen LogP contribution in [0.2, 0.25) is 0 Å². The van der Waals surface area contributed by atoms with Gasteiger partial charge in [-0.1, -0.05) is 14.9 Å². The van der Waals surface area contributed by atoms with E-state index in [0.29, 0.717) is 24.7 Å². The molecule has 9 nitrogen and oxygen atoms in total. The van der Waals surface area contributed by atoms with Crippen molar-refractivity contribution in [2.24, 2.45) is 0 Å². The van der Waals surface area contributed by atoms with Crippen molar-refractivity contribution in [3.63, 3.8) is 0 Å². The van der Waals surface area contributed by atoms with Crippen molar-refractivity contribution in [2.45, 2.75) is 27.7 Å². The summed E-state index contributed by atoms with van der Waals surface area (Å²) in [5.41, 5.74) is 7.71. The summed E-state index contributed by atoms with van der Waals surface area (Å²) < 4.78 is 10.4. The molecule has 0 radical (unpaired) electrons. The molecule has 0 saturated carbocycles. The summed E-state index contributed by atoms with van der Waals surface area (Å²) >= 11 is 0. The molecule has 4 rings (SSSR count). The Labute approximate surface area is 157 Å². The van der Waals surface area contributed by atoms with E-state index in [1.807, 2.05) is 0 Å². The number of nitrogens with zero attached hydrogens (tertiary/aromatic N) is 2. The molecule has 2 heterocycles. The smallest absolute Gasteiger partial charge is 0.295 e. The average molecular weight is 377 g/mol. The summed E-state index contributed by atoms with van der Waals surface area (Å²) in [5.74, 6) is 1.24. The van der Waals surface area contributed by atoms with Crippen LogP contribution in [-0.4, -0.2) is 23.1 Å². The van der Waals surface area contributed by atoms with Crippen molar-refractivity contribution in [1.82, 2.24) is 0 Å². The monoisotopic (exact) mass is 377 g/mol. The van der Waals surface area contributed by atoms with Gasteiger partial charge in [0.1, 0.15) is 17.2 Å². The van der Waals surface area contributed by atoms with Gasteiger partial charge >= 0.3 is 0 Å². The third kappa shape index (κ3) is 4.63. The molecule has 146 valence electrons. The predicted octanol–water partition coefficient (Wildman–Crippen LogP) is 3.91. The van der Waals surface area contributed by atoms with Crippen LogP contribution in [0.25, 0.3) is 0 Å². The number of non-ortho nitro benzene ring substituents is 1. The molecule has 2 aromatic rings. The molecule has 27 heavy (non-hydrogen) atoms. The molecule has 0 unspecified atom stereocenters. The summed E-state index contributed by atoms with van der Waals surface area (Å²) in [6.45, 7) is 1.21. The topological polar surface area (TPSA) is 131 Å². The van der Waals surface area contributed by atoms with Crippen molar-refractivity contribution < 1.29 is 19.3 Å². The number of nitro benzene ring substituents is 2. The highest BCUT2D eigenvalue weighted by molar-refractivity contribution is 5.64. The standard InChI is InChI=1S/C8H8N2O3.C8H7NO3.2CH4/c9-6-3-5-1-2-13-8(5)4-7(6)10(11)12;10-9(11)7-2-1-6-3-4-12-8(6)5-7;;/h3-4H,1-2,9H2;1-2,5H,3-4H2;2*1H4. The number of fused-ring (bicyclic) bond motifs is 2. The van der Waals surface area contributed by atoms with Crippen LogP contribution in [0.4, 0.5) is 17.1 Å². The van der Waals surface area contributed by atoms with E-state index in [4.69, 9.17) is 15.2 Å². The van der Waals surface area contributed by atoms with Gasteiger partial charge in [-0.25, -0.2) is 0 Å². The van der Waals surface area contributed by atoms with Crippen LogP contribution in [0.3, 0.4) is 0 Å². The number of anilines is 1. The van der Waals surface area contributed by atoms with Gasteiger partial charge in [-0.3, -0.25) is 20.2 Å². The molecule has 0 atom stereocenters. The molecule has 0 bridgehead atoms. The lowest BCUT2D eigenvalue weighted by atomic mass is 10.1. The van der Waals surface area contributed by atoms with Gasteiger partial charge in [0.05, 0.1) is 35.2 Å². The molecule has 0 saturated heterocycles. The second-order valence-corrected chi connectivity index (χ2v) is 5.52. The van der Waals surface area contributed by atoms with Crippen molar-refractivity contribution in [2.75, 3.05) is 18.9 Å². The molecule has 2 N–H and O–H groups in total. The van der Waals surface area contributed by atoms with E-state index in [1.165, 1.54) is 18.2 Å². The highest BCUT2D eigenvalue weighted by atomic mass is 16.6. The Hall–Kier alpha value is -3.36. The van der Waals surface area contributed by atoms with Gasteiger partial charge < -0.3 is 15.2 Å². The number of nitrogens with two attached hydrogens (primary N) is 1. The van der Waals surface area contributed by atoms with E-state index >= 15 is 0 Å². The van der Waals surface area contributed by atoms with E-state index in [2.05, 4.69) is 0 Å². The maximum Gasteiger partial charge on any atom is 0.295 e. The summed E-state index contributed by atoms with van der Waals surface area (Å²) in [7, 11) is 0. The van der Waals surface area contributed by atoms with Gasteiger partial charge in [-0.2, -0.15) is 0 Å². The first-order valence-corrected chi connectivity index (χ1v) is 7.55. The molecule has 0 aromatic heterocycles. The Balaban J connectivity index is 0.000000252. The predicted molar refractivity (Wildman–Crippen MR) is 102 cm³/mol. The summed E-state index contributed by atoms with van der Waals surface area (Å²) in [4.78, 5) is 19.9. The number of ether oxygens (including phenoxy) is 2. The minimum absolute atomic E-state index is 0. The minimum atomic E-state index is -0.503. The number of rotatable bonds is 2. The van der Waals surface area contributed by atoms with E-state index < -0.39 is 9.85 Å². The molecular formula is C18H23N3O6. The molecule has 2 aliphatic rings. The van der Waals surface area contributed by atoms with E-state index in [-0.39, 0.29) is 31.9 Å². The van der Waals surface area contributed by atoms with Gasteiger partial charge in [0.2, 0.25) is 0 Å². The third-order valence-corrected chi connectivity index (χ3v) is 3.93. The fraction of sp³-hybridized carbons (Fsp3) is 0.333. The Morgan fingerprint density at radius 2 is 1.44 bits per heavy atom. The minimum Gasteiger partial charge on any atom is -0.493 e. The molecular weight excluding hydrogens is 354 g/mol. The zero-order valence-corrected chi connectivity index (χ0v) is 13.1. The normalized spacial score (nSPS) is 12.6. The molecule has 9 heteroatoms. The first-order valence-electron chi connectivity index (χ1n) is 7.55. The SMILES string of the molecule is C.C.Nc1cc2c(cc1[N+](=O)[O-])OCC2.O=[N+]([O-])c1ccc2c(c1)OCC2. The van der Waals surface area contributed by atoms with Crippen LogP contribution in [0.1, 0.15) is 26.0 Å². The second kappa shape index (κ2) is 8.84. The fourth-order valence-corrected chi connectivity index (χ4v) is 2.66. The molecule has 2 aliphatic heterocycles. The quantitative estimate of drug-likeness (QED) is 0.477. The zero-order chi connectivity index (χ0) is 18.0. The fourth-order valence-electron chi connectivity index (χ4n) is 2.66. The van der Waals surface area contributed by atoms with Crippen LogP contribution < -0.4 is 15.2 Å². The van der Waals surface area contributed by atoms with E-state index in [0.717, 1.165) is 24.0 Å². The Morgan fingerprint density at radius 3 is 2.04 bits per heavy atom. The third-order valence-electron chi connectivity index (χ3n) is 3.93. The first-order chi connectivity index (χ1) is 12.0. The summed E-state index contributed by atoms with van der Waals surface area (Å²) in [5, 5.41) is 20.8. The largest absolute Gasteiger partial charge is 0.493 e. The first kappa shape index (κ1) is 21.7. The van der Waals surface area contributed by atoms with Crippen LogP contribution >= 0.6 is 0 Å². The van der Waals surface area contributed by atoms with Gasteiger partial charge in [0.15, 0.2) is 0 Å². The highest BCUT2D eigenvalue weighted by Crippen LogP contribution is 2.34. The number of nitro groups is 2. The molecule has 0 aliphatic carbocycles. The van der Waals surface area contributed by atoms with E-state index in [1.54, 1.807) is 12.1 Å². The van der Waals surface area contributed by atoms with Crippen molar-refractivity contribution in [1.29, 1.82) is 0 Å². The Bertz CT molecular complexity index is 853. The molecule has 2 aromatic carbocycles. The molecule has 0 amide bonds. The van der Waals surface area contributed by atoms with Crippen molar-refractivity contribution >= 4 is 17.1 Å². The number of nitrogen functional groups attached to an aromatic ring is 1. The zero-order valence-electron chi connectivity index (χ0n) is 13.1. The number of hydrogen-bond donors (Lipinski definition) is 1. The maximum absolute atomic E-state index is 10.5. The highest BCUT2D eigenvalue weighted by Gasteiger charge is 2.20. The van der Waals surface area contributed by atoms with Gasteiger partial charge in [0.25, 0.3) is 11.4 Å². The van der Waals surface area contributed by atoms with Crippen LogP contribution in [0.15, 0.2) is 30.3 Å². The number of benzene rings is 2. The second-order valence-electron chi connectivity index (χ2n) is 5.52. The van der Waals surface area contributed by atoms with E-state index in [9.17, 15) is 20.2 Å². The van der Waals surface area contributed by atoms with Gasteiger partial charge in [-0.05, 0) is 17.7 Å². The van der Waals surface area contributed by atoms with Crippen molar-refractivity contribution in [3.8, 4) is 11.5 Å². The lowest BCUT2D eigenvalue weighted by Crippen LogP contribution is -1.96. The Kier molecular flexibility index (Phi) is 7.10.